The van der Waals surface area contributed by atoms with E-state index < -0.39 is 17.9 Å². The number of nitrogens with two attached hydrogens (primary N) is 1. The van der Waals surface area contributed by atoms with Gasteiger partial charge in [0.05, 0.1) is 18.6 Å². The van der Waals surface area contributed by atoms with Gasteiger partial charge in [-0.3, -0.25) is 9.69 Å². The Hall–Kier alpha value is -1.30. The van der Waals surface area contributed by atoms with Crippen molar-refractivity contribution in [3.8, 4) is 0 Å². The lowest BCUT2D eigenvalue weighted by molar-refractivity contribution is -0.167. The van der Waals surface area contributed by atoms with Crippen molar-refractivity contribution < 1.29 is 19.4 Å². The summed E-state index contributed by atoms with van der Waals surface area (Å²) in [5.41, 5.74) is 5.13. The van der Waals surface area contributed by atoms with Gasteiger partial charge in [-0.25, -0.2) is 4.79 Å². The van der Waals surface area contributed by atoms with Gasteiger partial charge in [-0.1, -0.05) is 0 Å². The predicted octanol–water partition coefficient (Wildman–Crippen LogP) is -0.556. The third kappa shape index (κ3) is 1.22. The molecule has 3 atom stereocenters. The number of hydrogen-bond acceptors (Lipinski definition) is 3. The molecule has 0 spiro atoms. The topological polar surface area (TPSA) is 92.9 Å². The van der Waals surface area contributed by atoms with Crippen LogP contribution < -0.4 is 5.73 Å². The van der Waals surface area contributed by atoms with Gasteiger partial charge in [0.2, 0.25) is 0 Å². The van der Waals surface area contributed by atoms with Crippen LogP contribution in [0.1, 0.15) is 6.42 Å². The van der Waals surface area contributed by atoms with Crippen LogP contribution >= 0.6 is 0 Å². The Morgan fingerprint density at radius 1 is 1.50 bits per heavy atom. The maximum atomic E-state index is 11.0. The summed E-state index contributed by atoms with van der Waals surface area (Å²) in [4.78, 5) is 23.1. The quantitative estimate of drug-likeness (QED) is 0.593. The van der Waals surface area contributed by atoms with E-state index in [4.69, 9.17) is 15.6 Å². The minimum absolute atomic E-state index is 0.111. The molecule has 2 fully saturated rings. The fourth-order valence-corrected chi connectivity index (χ4v) is 2.22. The summed E-state index contributed by atoms with van der Waals surface area (Å²) < 4.78 is 5.14. The molecule has 6 nitrogen and oxygen atoms in total. The fourth-order valence-electron chi connectivity index (χ4n) is 2.22. The Labute approximate surface area is 80.6 Å². The number of ether oxygens (including phenoxy) is 1. The van der Waals surface area contributed by atoms with Crippen LogP contribution in [0.5, 0.6) is 0 Å². The average Bonchev–Trinajstić information content (AvgIpc) is 2.05. The molecule has 2 rings (SSSR count). The molecular weight excluding hydrogens is 188 g/mol. The standard InChI is InChI=1S/C8H12N2O4/c9-8(13)10-3-14-2-4-1-5(6(4)10)7(11)12/h4-6H,1-3H2,(H2,9,13)(H,11,12). The molecule has 1 saturated heterocycles. The van der Waals surface area contributed by atoms with Crippen LogP contribution in [0, 0.1) is 11.8 Å². The lowest BCUT2D eigenvalue weighted by atomic mass is 9.69. The Morgan fingerprint density at radius 3 is 2.79 bits per heavy atom. The van der Waals surface area contributed by atoms with Gasteiger partial charge in [0.25, 0.3) is 0 Å². The van der Waals surface area contributed by atoms with Gasteiger partial charge in [0, 0.05) is 5.92 Å². The first-order chi connectivity index (χ1) is 6.61. The zero-order chi connectivity index (χ0) is 10.3. The number of carboxylic acid groups (broad SMARTS) is 1. The zero-order valence-electron chi connectivity index (χ0n) is 7.55. The van der Waals surface area contributed by atoms with E-state index in [0.717, 1.165) is 0 Å². The van der Waals surface area contributed by atoms with E-state index >= 15 is 0 Å². The summed E-state index contributed by atoms with van der Waals surface area (Å²) in [5.74, 6) is -1.20. The van der Waals surface area contributed by atoms with Gasteiger partial charge >= 0.3 is 12.0 Å². The van der Waals surface area contributed by atoms with E-state index in [0.29, 0.717) is 13.0 Å². The van der Waals surface area contributed by atoms with Crippen LogP contribution in [-0.2, 0) is 9.53 Å². The highest BCUT2D eigenvalue weighted by Gasteiger charge is 2.51. The minimum Gasteiger partial charge on any atom is -0.481 e. The molecule has 0 aromatic heterocycles. The molecule has 2 aliphatic rings. The van der Waals surface area contributed by atoms with E-state index in [9.17, 15) is 9.59 Å². The van der Waals surface area contributed by atoms with Crippen molar-refractivity contribution in [1.82, 2.24) is 4.90 Å². The lowest BCUT2D eigenvalue weighted by Gasteiger charge is -2.50. The first kappa shape index (κ1) is 9.26. The van der Waals surface area contributed by atoms with Crippen LogP contribution in [0.2, 0.25) is 0 Å². The molecule has 0 radical (unpaired) electrons. The number of carbonyl (C=O) groups excluding carboxylic acids is 1. The summed E-state index contributed by atoms with van der Waals surface area (Å²) >= 11 is 0. The lowest BCUT2D eigenvalue weighted by Crippen LogP contribution is -2.64. The summed E-state index contributed by atoms with van der Waals surface area (Å²) in [6, 6.07) is -0.871. The molecule has 0 aromatic rings. The van der Waals surface area contributed by atoms with Crippen molar-refractivity contribution in [2.24, 2.45) is 17.6 Å². The molecule has 1 aliphatic heterocycles. The molecule has 2 amide bonds. The summed E-state index contributed by atoms with van der Waals surface area (Å²) in [6.07, 6.45) is 0.573. The SMILES string of the molecule is NC(=O)N1COCC2CC(C(=O)O)C21. The van der Waals surface area contributed by atoms with Crippen molar-refractivity contribution in [3.63, 3.8) is 0 Å². The molecule has 78 valence electrons. The number of fused-ring (bicyclic) bond motifs is 1. The van der Waals surface area contributed by atoms with Crippen LogP contribution in [0.4, 0.5) is 4.79 Å². The Kier molecular flexibility index (Phi) is 2.07. The van der Waals surface area contributed by atoms with Gasteiger partial charge in [-0.15, -0.1) is 0 Å². The smallest absolute Gasteiger partial charge is 0.316 e. The summed E-state index contributed by atoms with van der Waals surface area (Å²) in [5, 5.41) is 8.85. The number of aliphatic carboxylic acids is 1. The minimum atomic E-state index is -0.862. The molecule has 6 heteroatoms. The number of urea groups is 1. The molecule has 3 N–H and O–H groups in total. The van der Waals surface area contributed by atoms with E-state index in [1.54, 1.807) is 0 Å². The van der Waals surface area contributed by atoms with Crippen molar-refractivity contribution in [2.45, 2.75) is 12.5 Å². The molecule has 1 heterocycles. The average molecular weight is 200 g/mol. The Morgan fingerprint density at radius 2 is 2.21 bits per heavy atom. The second-order valence-electron chi connectivity index (χ2n) is 3.74. The number of amides is 2. The highest BCUT2D eigenvalue weighted by molar-refractivity contribution is 5.77. The molecule has 0 aromatic carbocycles. The van der Waals surface area contributed by atoms with Crippen molar-refractivity contribution in [3.05, 3.63) is 0 Å². The zero-order valence-corrected chi connectivity index (χ0v) is 7.55. The number of primary amides is 1. The van der Waals surface area contributed by atoms with E-state index in [1.807, 2.05) is 0 Å². The summed E-state index contributed by atoms with van der Waals surface area (Å²) in [6.45, 7) is 0.637. The normalized spacial score (nSPS) is 35.7. The van der Waals surface area contributed by atoms with Crippen molar-refractivity contribution in [2.75, 3.05) is 13.3 Å². The summed E-state index contributed by atoms with van der Waals surface area (Å²) in [7, 11) is 0. The van der Waals surface area contributed by atoms with Gasteiger partial charge in [-0.2, -0.15) is 0 Å². The maximum absolute atomic E-state index is 11.0. The van der Waals surface area contributed by atoms with E-state index in [-0.39, 0.29) is 18.7 Å². The Bertz CT molecular complexity index is 281. The monoisotopic (exact) mass is 200 g/mol. The number of carbonyl (C=O) groups is 2. The predicted molar refractivity (Wildman–Crippen MR) is 45.3 cm³/mol. The first-order valence-corrected chi connectivity index (χ1v) is 4.48. The molecule has 0 bridgehead atoms. The second-order valence-corrected chi connectivity index (χ2v) is 3.74. The van der Waals surface area contributed by atoms with E-state index in [1.165, 1.54) is 4.90 Å². The number of hydrogen-bond donors (Lipinski definition) is 2. The van der Waals surface area contributed by atoms with Crippen LogP contribution in [0.15, 0.2) is 0 Å². The van der Waals surface area contributed by atoms with Gasteiger partial charge < -0.3 is 15.6 Å². The fraction of sp³-hybridized carbons (Fsp3) is 0.750. The van der Waals surface area contributed by atoms with Gasteiger partial charge in [-0.05, 0) is 6.42 Å². The van der Waals surface area contributed by atoms with E-state index in [2.05, 4.69) is 0 Å². The third-order valence-electron chi connectivity index (χ3n) is 2.97. The highest BCUT2D eigenvalue weighted by atomic mass is 16.5. The first-order valence-electron chi connectivity index (χ1n) is 4.48. The molecule has 14 heavy (non-hydrogen) atoms. The van der Waals surface area contributed by atoms with Crippen molar-refractivity contribution >= 4 is 12.0 Å². The van der Waals surface area contributed by atoms with Gasteiger partial charge in [0.15, 0.2) is 0 Å². The van der Waals surface area contributed by atoms with Gasteiger partial charge in [0.1, 0.15) is 6.73 Å². The number of nitrogens with zero attached hydrogens (tertiary/aromatic N) is 1. The maximum Gasteiger partial charge on any atom is 0.316 e. The van der Waals surface area contributed by atoms with Crippen LogP contribution in [-0.4, -0.2) is 41.4 Å². The molecule has 1 saturated carbocycles. The molecule has 3 unspecified atom stereocenters. The molecular formula is C8H12N2O4. The van der Waals surface area contributed by atoms with Crippen LogP contribution in [0.3, 0.4) is 0 Å². The number of rotatable bonds is 1. The molecule has 1 aliphatic carbocycles. The highest BCUT2D eigenvalue weighted by Crippen LogP contribution is 2.40. The largest absolute Gasteiger partial charge is 0.481 e. The third-order valence-corrected chi connectivity index (χ3v) is 2.97. The second kappa shape index (κ2) is 3.13. The van der Waals surface area contributed by atoms with Crippen molar-refractivity contribution in [1.29, 1.82) is 0 Å². The Balaban J connectivity index is 2.11. The van der Waals surface area contributed by atoms with Crippen LogP contribution in [0.25, 0.3) is 0 Å². The number of carboxylic acids is 1.